The molecule has 1 heterocycles. The zero-order valence-electron chi connectivity index (χ0n) is 7.91. The number of ether oxygens (including phenoxy) is 1. The molecule has 0 saturated heterocycles. The number of hydrogen-bond donors (Lipinski definition) is 3. The first-order valence-electron chi connectivity index (χ1n) is 4.79. The second-order valence-corrected chi connectivity index (χ2v) is 3.27. The summed E-state index contributed by atoms with van der Waals surface area (Å²) in [6, 6.07) is 0.0697. The molecule has 0 aliphatic carbocycles. The molecule has 0 bridgehead atoms. The highest BCUT2D eigenvalue weighted by molar-refractivity contribution is 5.00. The zero-order valence-corrected chi connectivity index (χ0v) is 7.91. The second kappa shape index (κ2) is 6.10. The van der Waals surface area contributed by atoms with E-state index in [1.165, 1.54) is 0 Å². The van der Waals surface area contributed by atoms with E-state index < -0.39 is 0 Å². The minimum absolute atomic E-state index is 0.0697. The molecule has 2 atom stereocenters. The fourth-order valence-corrected chi connectivity index (χ4v) is 1.21. The van der Waals surface area contributed by atoms with Crippen molar-refractivity contribution in [2.75, 3.05) is 26.2 Å². The molecule has 0 radical (unpaired) electrons. The summed E-state index contributed by atoms with van der Waals surface area (Å²) in [7, 11) is 0. The van der Waals surface area contributed by atoms with Crippen molar-refractivity contribution in [3.8, 4) is 0 Å². The maximum Gasteiger partial charge on any atom is 0.0881 e. The van der Waals surface area contributed by atoms with Gasteiger partial charge in [-0.25, -0.2) is 0 Å². The predicted octanol–water partition coefficient (Wildman–Crippen LogP) is -0.793. The van der Waals surface area contributed by atoms with Gasteiger partial charge in [-0.1, -0.05) is 12.2 Å². The van der Waals surface area contributed by atoms with Crippen molar-refractivity contribution in [1.82, 2.24) is 5.32 Å². The van der Waals surface area contributed by atoms with Crippen LogP contribution < -0.4 is 16.8 Å². The summed E-state index contributed by atoms with van der Waals surface area (Å²) >= 11 is 0. The van der Waals surface area contributed by atoms with Gasteiger partial charge in [0, 0.05) is 12.6 Å². The maximum absolute atomic E-state index is 5.62. The van der Waals surface area contributed by atoms with Gasteiger partial charge in [0.2, 0.25) is 0 Å². The lowest BCUT2D eigenvalue weighted by molar-refractivity contribution is 0.0715. The molecule has 2 unspecified atom stereocenters. The molecule has 1 aliphatic rings. The van der Waals surface area contributed by atoms with E-state index in [0.717, 1.165) is 26.1 Å². The number of hydrogen-bond acceptors (Lipinski definition) is 4. The minimum Gasteiger partial charge on any atom is -0.371 e. The topological polar surface area (TPSA) is 73.3 Å². The van der Waals surface area contributed by atoms with Crippen LogP contribution in [0.4, 0.5) is 0 Å². The van der Waals surface area contributed by atoms with Crippen molar-refractivity contribution in [2.45, 2.75) is 18.6 Å². The molecule has 13 heavy (non-hydrogen) atoms. The standard InChI is InChI=1S/C9H19N3O/c10-4-1-5-12-6-9-3-2-8(11)7-13-9/h2-3,8-9,12H,1,4-7,10-11H2. The van der Waals surface area contributed by atoms with Crippen LogP contribution >= 0.6 is 0 Å². The van der Waals surface area contributed by atoms with E-state index in [1.807, 2.05) is 12.2 Å². The average Bonchev–Trinajstić information content (AvgIpc) is 2.15. The van der Waals surface area contributed by atoms with Crippen molar-refractivity contribution < 1.29 is 4.74 Å². The SMILES string of the molecule is NCCCNCC1C=CC(N)CO1. The Morgan fingerprint density at radius 3 is 2.92 bits per heavy atom. The maximum atomic E-state index is 5.62. The van der Waals surface area contributed by atoms with Crippen molar-refractivity contribution in [3.63, 3.8) is 0 Å². The molecule has 5 N–H and O–H groups in total. The molecule has 0 aromatic rings. The third kappa shape index (κ3) is 4.38. The third-order valence-electron chi connectivity index (χ3n) is 1.98. The van der Waals surface area contributed by atoms with Gasteiger partial charge in [0.05, 0.1) is 12.7 Å². The lowest BCUT2D eigenvalue weighted by Crippen LogP contribution is -2.36. The van der Waals surface area contributed by atoms with Gasteiger partial charge in [0.25, 0.3) is 0 Å². The lowest BCUT2D eigenvalue weighted by Gasteiger charge is -2.21. The Hall–Kier alpha value is -0.420. The van der Waals surface area contributed by atoms with Crippen molar-refractivity contribution in [3.05, 3.63) is 12.2 Å². The molecule has 1 aliphatic heterocycles. The fraction of sp³-hybridized carbons (Fsp3) is 0.778. The number of nitrogens with two attached hydrogens (primary N) is 2. The van der Waals surface area contributed by atoms with Gasteiger partial charge in [0.1, 0.15) is 0 Å². The van der Waals surface area contributed by atoms with Gasteiger partial charge in [-0.2, -0.15) is 0 Å². The quantitative estimate of drug-likeness (QED) is 0.387. The zero-order chi connectivity index (χ0) is 9.52. The molecule has 0 aromatic carbocycles. The normalized spacial score (nSPS) is 27.8. The highest BCUT2D eigenvalue weighted by atomic mass is 16.5. The average molecular weight is 185 g/mol. The van der Waals surface area contributed by atoms with E-state index in [9.17, 15) is 0 Å². The van der Waals surface area contributed by atoms with Crippen LogP contribution in [0, 0.1) is 0 Å². The van der Waals surface area contributed by atoms with E-state index in [0.29, 0.717) is 6.61 Å². The number of nitrogens with one attached hydrogen (secondary N) is 1. The third-order valence-corrected chi connectivity index (χ3v) is 1.98. The Kier molecular flexibility index (Phi) is 5.00. The van der Waals surface area contributed by atoms with Crippen LogP contribution in [0.15, 0.2) is 12.2 Å². The first-order chi connectivity index (χ1) is 6.33. The van der Waals surface area contributed by atoms with Crippen LogP contribution in [0.2, 0.25) is 0 Å². The molecule has 4 nitrogen and oxygen atoms in total. The minimum atomic E-state index is 0.0697. The molecule has 0 aromatic heterocycles. The highest BCUT2D eigenvalue weighted by Gasteiger charge is 2.11. The smallest absolute Gasteiger partial charge is 0.0881 e. The summed E-state index contributed by atoms with van der Waals surface area (Å²) in [5.41, 5.74) is 11.0. The van der Waals surface area contributed by atoms with Gasteiger partial charge in [0.15, 0.2) is 0 Å². The Balaban J connectivity index is 2.05. The molecule has 1 rings (SSSR count). The van der Waals surface area contributed by atoms with Crippen molar-refractivity contribution in [1.29, 1.82) is 0 Å². The largest absolute Gasteiger partial charge is 0.371 e. The van der Waals surface area contributed by atoms with Crippen LogP contribution in [-0.4, -0.2) is 38.4 Å². The first-order valence-corrected chi connectivity index (χ1v) is 4.79. The Labute approximate surface area is 79.3 Å². The van der Waals surface area contributed by atoms with Crippen LogP contribution in [0.1, 0.15) is 6.42 Å². The Bertz CT molecular complexity index is 161. The van der Waals surface area contributed by atoms with Crippen LogP contribution in [0.3, 0.4) is 0 Å². The van der Waals surface area contributed by atoms with Gasteiger partial charge in [-0.3, -0.25) is 0 Å². The predicted molar refractivity (Wildman–Crippen MR) is 53.4 cm³/mol. The molecular weight excluding hydrogens is 166 g/mol. The van der Waals surface area contributed by atoms with Gasteiger partial charge in [-0.05, 0) is 19.5 Å². The van der Waals surface area contributed by atoms with E-state index in [4.69, 9.17) is 16.2 Å². The molecular formula is C9H19N3O. The second-order valence-electron chi connectivity index (χ2n) is 3.27. The molecule has 4 heteroatoms. The van der Waals surface area contributed by atoms with Crippen LogP contribution in [0.5, 0.6) is 0 Å². The molecule has 0 amide bonds. The molecule has 0 saturated carbocycles. The van der Waals surface area contributed by atoms with Gasteiger partial charge in [-0.15, -0.1) is 0 Å². The van der Waals surface area contributed by atoms with Crippen molar-refractivity contribution in [2.24, 2.45) is 11.5 Å². The van der Waals surface area contributed by atoms with Gasteiger partial charge >= 0.3 is 0 Å². The summed E-state index contributed by atoms with van der Waals surface area (Å²) < 4.78 is 5.46. The Morgan fingerprint density at radius 1 is 1.46 bits per heavy atom. The van der Waals surface area contributed by atoms with E-state index in [2.05, 4.69) is 5.32 Å². The molecule has 0 spiro atoms. The summed E-state index contributed by atoms with van der Waals surface area (Å²) in [6.07, 6.45) is 5.20. The molecule has 0 fully saturated rings. The van der Waals surface area contributed by atoms with E-state index in [1.54, 1.807) is 0 Å². The van der Waals surface area contributed by atoms with E-state index in [-0.39, 0.29) is 12.1 Å². The van der Waals surface area contributed by atoms with Crippen LogP contribution in [0.25, 0.3) is 0 Å². The Morgan fingerprint density at radius 2 is 2.31 bits per heavy atom. The fourth-order valence-electron chi connectivity index (χ4n) is 1.21. The first kappa shape index (κ1) is 10.7. The summed E-state index contributed by atoms with van der Waals surface area (Å²) in [4.78, 5) is 0. The highest BCUT2D eigenvalue weighted by Crippen LogP contribution is 2.02. The summed E-state index contributed by atoms with van der Waals surface area (Å²) in [5.74, 6) is 0. The monoisotopic (exact) mass is 185 g/mol. The lowest BCUT2D eigenvalue weighted by atomic mass is 10.2. The van der Waals surface area contributed by atoms with Crippen LogP contribution in [-0.2, 0) is 4.74 Å². The van der Waals surface area contributed by atoms with E-state index >= 15 is 0 Å². The van der Waals surface area contributed by atoms with Crippen molar-refractivity contribution >= 4 is 0 Å². The summed E-state index contributed by atoms with van der Waals surface area (Å²) in [6.45, 7) is 3.17. The number of rotatable bonds is 5. The van der Waals surface area contributed by atoms with Gasteiger partial charge < -0.3 is 21.5 Å². The summed E-state index contributed by atoms with van der Waals surface area (Å²) in [5, 5.41) is 3.27. The molecule has 76 valence electrons.